The van der Waals surface area contributed by atoms with Gasteiger partial charge in [-0.2, -0.15) is 0 Å². The number of fused-ring (bicyclic) bond motifs is 1. The molecule has 166 valence electrons. The number of nitrogen functional groups attached to an aromatic ring is 1. The lowest BCUT2D eigenvalue weighted by atomic mass is 10.1. The number of benzene rings is 2. The fourth-order valence-electron chi connectivity index (χ4n) is 3.52. The Morgan fingerprint density at radius 1 is 0.806 bits per heavy atom. The molecule has 2 N–H and O–H groups in total. The maximum absolute atomic E-state index is 6.05. The molecule has 0 unspecified atom stereocenters. The van der Waals surface area contributed by atoms with Crippen molar-refractivity contribution in [2.24, 2.45) is 10.2 Å². The van der Waals surface area contributed by atoms with E-state index in [2.05, 4.69) is 35.7 Å². The second-order valence-corrected chi connectivity index (χ2v) is 8.39. The third kappa shape index (κ3) is 8.30. The first-order valence-corrected chi connectivity index (χ1v) is 12.0. The van der Waals surface area contributed by atoms with E-state index >= 15 is 0 Å². The molecule has 0 spiro atoms. The number of nitrogens with two attached hydrogens (primary N) is 1. The number of azo groups is 1. The van der Waals surface area contributed by atoms with E-state index in [0.29, 0.717) is 5.82 Å². The SMILES string of the molecule is Nc1ccc(N=Nc2cc[n+](CCCCCCCCCCBr)cn2)c2ccccc12.[Br-]. The van der Waals surface area contributed by atoms with Crippen molar-refractivity contribution in [3.63, 3.8) is 0 Å². The summed E-state index contributed by atoms with van der Waals surface area (Å²) in [6, 6.07) is 13.6. The van der Waals surface area contributed by atoms with Crippen molar-refractivity contribution in [1.82, 2.24) is 4.98 Å². The van der Waals surface area contributed by atoms with Gasteiger partial charge in [-0.1, -0.05) is 72.3 Å². The zero-order chi connectivity index (χ0) is 21.0. The number of hydrogen-bond donors (Lipinski definition) is 1. The van der Waals surface area contributed by atoms with E-state index in [4.69, 9.17) is 5.73 Å². The Morgan fingerprint density at radius 2 is 1.48 bits per heavy atom. The molecular formula is C24H31Br2N5. The first-order chi connectivity index (χ1) is 14.8. The van der Waals surface area contributed by atoms with Gasteiger partial charge in [0.25, 0.3) is 12.1 Å². The average Bonchev–Trinajstić information content (AvgIpc) is 2.78. The van der Waals surface area contributed by atoms with Gasteiger partial charge in [0.2, 0.25) is 0 Å². The summed E-state index contributed by atoms with van der Waals surface area (Å²) in [6.45, 7) is 0.997. The minimum absolute atomic E-state index is 0. The molecule has 7 heteroatoms. The van der Waals surface area contributed by atoms with Gasteiger partial charge in [0.05, 0.1) is 24.5 Å². The molecule has 0 atom stereocenters. The predicted molar refractivity (Wildman–Crippen MR) is 128 cm³/mol. The summed E-state index contributed by atoms with van der Waals surface area (Å²) < 4.78 is 2.12. The summed E-state index contributed by atoms with van der Waals surface area (Å²) in [5.41, 5.74) is 7.60. The molecule has 0 fully saturated rings. The van der Waals surface area contributed by atoms with Crippen LogP contribution < -0.4 is 27.3 Å². The molecule has 0 radical (unpaired) electrons. The number of hydrogen-bond acceptors (Lipinski definition) is 4. The Hall–Kier alpha value is -1.86. The molecule has 0 saturated carbocycles. The predicted octanol–water partition coefficient (Wildman–Crippen LogP) is 4.04. The number of aryl methyl sites for hydroxylation is 1. The first-order valence-electron chi connectivity index (χ1n) is 10.9. The fraction of sp³-hybridized carbons (Fsp3) is 0.417. The molecule has 0 aliphatic rings. The second kappa shape index (κ2) is 14.2. The van der Waals surface area contributed by atoms with Crippen molar-refractivity contribution in [1.29, 1.82) is 0 Å². The Morgan fingerprint density at radius 3 is 2.16 bits per heavy atom. The summed E-state index contributed by atoms with van der Waals surface area (Å²) in [5, 5.41) is 11.8. The van der Waals surface area contributed by atoms with E-state index < -0.39 is 0 Å². The number of anilines is 1. The van der Waals surface area contributed by atoms with Crippen LogP contribution in [0, 0.1) is 0 Å². The van der Waals surface area contributed by atoms with Crippen LogP contribution in [-0.4, -0.2) is 10.3 Å². The van der Waals surface area contributed by atoms with Crippen molar-refractivity contribution in [3.8, 4) is 0 Å². The Labute approximate surface area is 204 Å². The van der Waals surface area contributed by atoms with Crippen molar-refractivity contribution >= 4 is 43.9 Å². The van der Waals surface area contributed by atoms with Crippen LogP contribution in [-0.2, 0) is 6.54 Å². The maximum atomic E-state index is 6.05. The molecule has 0 aliphatic carbocycles. The van der Waals surface area contributed by atoms with Gasteiger partial charge in [-0.3, -0.25) is 0 Å². The lowest BCUT2D eigenvalue weighted by molar-refractivity contribution is -0.700. The fourth-order valence-corrected chi connectivity index (χ4v) is 3.91. The van der Waals surface area contributed by atoms with Crippen LogP contribution in [0.1, 0.15) is 51.4 Å². The highest BCUT2D eigenvalue weighted by Crippen LogP contribution is 2.30. The molecule has 1 heterocycles. The van der Waals surface area contributed by atoms with Crippen LogP contribution in [0.5, 0.6) is 0 Å². The Balaban J connectivity index is 0.00000341. The molecule has 2 aromatic carbocycles. The van der Waals surface area contributed by atoms with Crippen LogP contribution >= 0.6 is 15.9 Å². The molecule has 1 aromatic heterocycles. The third-order valence-electron chi connectivity index (χ3n) is 5.25. The van der Waals surface area contributed by atoms with Crippen molar-refractivity contribution in [2.75, 3.05) is 11.1 Å². The van der Waals surface area contributed by atoms with Crippen LogP contribution in [0.15, 0.2) is 65.2 Å². The van der Waals surface area contributed by atoms with E-state index in [-0.39, 0.29) is 17.0 Å². The molecule has 0 saturated heterocycles. The van der Waals surface area contributed by atoms with Gasteiger partial charge in [0.15, 0.2) is 0 Å². The first kappa shape index (κ1) is 25.4. The van der Waals surface area contributed by atoms with E-state index in [9.17, 15) is 0 Å². The normalized spacial score (nSPS) is 11.1. The second-order valence-electron chi connectivity index (χ2n) is 7.59. The summed E-state index contributed by atoms with van der Waals surface area (Å²) in [7, 11) is 0. The molecule has 0 aliphatic heterocycles. The zero-order valence-corrected chi connectivity index (χ0v) is 21.1. The largest absolute Gasteiger partial charge is 1.00 e. The molecule has 31 heavy (non-hydrogen) atoms. The summed E-state index contributed by atoms with van der Waals surface area (Å²) in [4.78, 5) is 4.42. The van der Waals surface area contributed by atoms with Gasteiger partial charge >= 0.3 is 0 Å². The number of unbranched alkanes of at least 4 members (excludes halogenated alkanes) is 7. The van der Waals surface area contributed by atoms with Crippen molar-refractivity contribution in [3.05, 3.63) is 55.0 Å². The molecular weight excluding hydrogens is 518 g/mol. The standard InChI is InChI=1S/C24H30BrN5.BrH/c25-16-9-5-3-1-2-4-6-10-17-30-18-15-24(27-19-30)29-28-23-14-13-22(26)20-11-7-8-12-21(20)23;/h7-8,11-15,18-19,26H,1-6,9-10,16-17H2;1H. The number of alkyl halides is 1. The number of rotatable bonds is 12. The van der Waals surface area contributed by atoms with Gasteiger partial charge in [-0.15, -0.1) is 10.2 Å². The highest BCUT2D eigenvalue weighted by atomic mass is 79.9. The van der Waals surface area contributed by atoms with Crippen molar-refractivity contribution in [2.45, 2.75) is 57.9 Å². The van der Waals surface area contributed by atoms with Crippen LogP contribution in [0.4, 0.5) is 17.2 Å². The van der Waals surface area contributed by atoms with Gasteiger partial charge in [-0.25, -0.2) is 4.57 Å². The number of aromatic nitrogens is 2. The smallest absolute Gasteiger partial charge is 0.288 e. The van der Waals surface area contributed by atoms with E-state index in [1.807, 2.05) is 55.0 Å². The van der Waals surface area contributed by atoms with E-state index in [1.54, 1.807) is 0 Å². The number of halogens is 2. The monoisotopic (exact) mass is 547 g/mol. The van der Waals surface area contributed by atoms with Gasteiger partial charge in [-0.05, 0) is 36.4 Å². The Bertz CT molecular complexity index is 944. The average molecular weight is 549 g/mol. The van der Waals surface area contributed by atoms with Gasteiger partial charge < -0.3 is 22.7 Å². The highest BCUT2D eigenvalue weighted by Gasteiger charge is 2.05. The summed E-state index contributed by atoms with van der Waals surface area (Å²) in [6.07, 6.45) is 14.4. The minimum Gasteiger partial charge on any atom is -1.00 e. The summed E-state index contributed by atoms with van der Waals surface area (Å²) >= 11 is 3.49. The molecule has 0 amide bonds. The molecule has 3 rings (SSSR count). The van der Waals surface area contributed by atoms with Crippen molar-refractivity contribution < 1.29 is 21.5 Å². The third-order valence-corrected chi connectivity index (χ3v) is 5.81. The van der Waals surface area contributed by atoms with Gasteiger partial charge in [0.1, 0.15) is 0 Å². The van der Waals surface area contributed by atoms with Gasteiger partial charge in [0, 0.05) is 21.8 Å². The molecule has 0 bridgehead atoms. The highest BCUT2D eigenvalue weighted by molar-refractivity contribution is 9.09. The quantitative estimate of drug-likeness (QED) is 0.122. The minimum atomic E-state index is 0. The lowest BCUT2D eigenvalue weighted by Crippen LogP contribution is -3.00. The van der Waals surface area contributed by atoms with Crippen LogP contribution in [0.25, 0.3) is 10.8 Å². The maximum Gasteiger partial charge on any atom is 0.288 e. The molecule has 3 aromatic rings. The number of nitrogens with zero attached hydrogens (tertiary/aromatic N) is 4. The summed E-state index contributed by atoms with van der Waals surface area (Å²) in [5.74, 6) is 0.607. The zero-order valence-electron chi connectivity index (χ0n) is 17.9. The van der Waals surface area contributed by atoms with Crippen LogP contribution in [0.3, 0.4) is 0 Å². The lowest BCUT2D eigenvalue weighted by Gasteiger charge is -2.03. The van der Waals surface area contributed by atoms with E-state index in [1.165, 1.54) is 51.4 Å². The van der Waals surface area contributed by atoms with E-state index in [0.717, 1.165) is 34.0 Å². The topological polar surface area (TPSA) is 67.5 Å². The van der Waals surface area contributed by atoms with Crippen LogP contribution in [0.2, 0.25) is 0 Å². The Kier molecular flexibility index (Phi) is 11.7. The molecule has 5 nitrogen and oxygen atoms in total.